The van der Waals surface area contributed by atoms with Gasteiger partial charge in [-0.2, -0.15) is 0 Å². The Morgan fingerprint density at radius 3 is 2.62 bits per heavy atom. The lowest BCUT2D eigenvalue weighted by Crippen LogP contribution is -2.19. The molecule has 2 heteroatoms. The molecule has 0 aliphatic carbocycles. The molecule has 0 amide bonds. The molecule has 1 N–H and O–H groups in total. The van der Waals surface area contributed by atoms with Crippen molar-refractivity contribution >= 4 is 0 Å². The lowest BCUT2D eigenvalue weighted by molar-refractivity contribution is 0.371. The van der Waals surface area contributed by atoms with Crippen LogP contribution in [0, 0.1) is 0 Å². The predicted molar refractivity (Wildman–Crippen MR) is 52.5 cm³/mol. The second-order valence-corrected chi connectivity index (χ2v) is 3.50. The fraction of sp³-hybridized carbons (Fsp3) is 0.455. The minimum Gasteiger partial charge on any atom is -0.369 e. The third kappa shape index (κ3) is 2.54. The molecule has 70 valence electrons. The van der Waals surface area contributed by atoms with Crippen molar-refractivity contribution in [2.75, 3.05) is 6.54 Å². The zero-order chi connectivity index (χ0) is 9.10. The van der Waals surface area contributed by atoms with Gasteiger partial charge in [-0.25, -0.2) is 0 Å². The normalized spacial score (nSPS) is 25.9. The van der Waals surface area contributed by atoms with Gasteiger partial charge in [0.15, 0.2) is 0 Å². The fourth-order valence-corrected chi connectivity index (χ4v) is 1.40. The number of benzene rings is 1. The van der Waals surface area contributed by atoms with Crippen LogP contribution >= 0.6 is 0 Å². The molecule has 1 fully saturated rings. The molecule has 0 spiro atoms. The first-order valence-corrected chi connectivity index (χ1v) is 4.76. The van der Waals surface area contributed by atoms with Gasteiger partial charge >= 0.3 is 0 Å². The van der Waals surface area contributed by atoms with Gasteiger partial charge in [0.2, 0.25) is 0 Å². The van der Waals surface area contributed by atoms with Crippen LogP contribution in [0.3, 0.4) is 0 Å². The van der Waals surface area contributed by atoms with Crippen LogP contribution in [-0.2, 0) is 11.3 Å². The van der Waals surface area contributed by atoms with Gasteiger partial charge < -0.3 is 10.1 Å². The van der Waals surface area contributed by atoms with Crippen molar-refractivity contribution in [2.24, 2.45) is 0 Å². The molecular formula is C11H15NO. The first-order valence-electron chi connectivity index (χ1n) is 4.76. The Hall–Kier alpha value is -0.860. The van der Waals surface area contributed by atoms with E-state index in [0.29, 0.717) is 12.2 Å². The number of ether oxygens (including phenoxy) is 1. The third-order valence-corrected chi connectivity index (χ3v) is 2.35. The van der Waals surface area contributed by atoms with Crippen molar-refractivity contribution in [3.8, 4) is 0 Å². The Morgan fingerprint density at radius 1 is 1.31 bits per heavy atom. The van der Waals surface area contributed by atoms with Gasteiger partial charge in [0.25, 0.3) is 0 Å². The zero-order valence-corrected chi connectivity index (χ0v) is 7.86. The van der Waals surface area contributed by atoms with Crippen molar-refractivity contribution < 1.29 is 4.74 Å². The van der Waals surface area contributed by atoms with E-state index in [4.69, 9.17) is 4.74 Å². The molecule has 13 heavy (non-hydrogen) atoms. The average molecular weight is 177 g/mol. The van der Waals surface area contributed by atoms with E-state index >= 15 is 0 Å². The molecule has 1 aliphatic heterocycles. The molecule has 0 aromatic heterocycles. The quantitative estimate of drug-likeness (QED) is 0.706. The van der Waals surface area contributed by atoms with Crippen LogP contribution in [0.2, 0.25) is 0 Å². The van der Waals surface area contributed by atoms with E-state index in [9.17, 15) is 0 Å². The molecule has 2 atom stereocenters. The minimum absolute atomic E-state index is 0.448. The van der Waals surface area contributed by atoms with Crippen LogP contribution in [-0.4, -0.2) is 18.8 Å². The zero-order valence-electron chi connectivity index (χ0n) is 7.86. The van der Waals surface area contributed by atoms with E-state index in [1.165, 1.54) is 5.56 Å². The van der Waals surface area contributed by atoms with Crippen molar-refractivity contribution in [2.45, 2.75) is 25.7 Å². The number of rotatable bonds is 4. The first-order chi connectivity index (χ1) is 6.36. The summed E-state index contributed by atoms with van der Waals surface area (Å²) in [6, 6.07) is 10.4. The van der Waals surface area contributed by atoms with Crippen molar-refractivity contribution in [3.63, 3.8) is 0 Å². The Balaban J connectivity index is 1.68. The Morgan fingerprint density at radius 2 is 2.00 bits per heavy atom. The smallest absolute Gasteiger partial charge is 0.0963 e. The topological polar surface area (TPSA) is 24.6 Å². The van der Waals surface area contributed by atoms with E-state index in [1.807, 2.05) is 6.07 Å². The summed E-state index contributed by atoms with van der Waals surface area (Å²) in [7, 11) is 0. The van der Waals surface area contributed by atoms with E-state index in [-0.39, 0.29) is 0 Å². The number of hydrogen-bond donors (Lipinski definition) is 1. The van der Waals surface area contributed by atoms with Crippen molar-refractivity contribution in [3.05, 3.63) is 35.9 Å². The second kappa shape index (κ2) is 3.90. The Bertz CT molecular complexity index is 260. The summed E-state index contributed by atoms with van der Waals surface area (Å²) in [5, 5.41) is 3.37. The van der Waals surface area contributed by atoms with Crippen molar-refractivity contribution in [1.29, 1.82) is 0 Å². The van der Waals surface area contributed by atoms with Crippen LogP contribution in [0.4, 0.5) is 0 Å². The molecular weight excluding hydrogens is 162 g/mol. The monoisotopic (exact) mass is 177 g/mol. The molecule has 0 radical (unpaired) electrons. The van der Waals surface area contributed by atoms with Crippen LogP contribution in [0.25, 0.3) is 0 Å². The molecule has 1 saturated heterocycles. The van der Waals surface area contributed by atoms with E-state index in [1.54, 1.807) is 0 Å². The second-order valence-electron chi connectivity index (χ2n) is 3.50. The molecule has 2 nitrogen and oxygen atoms in total. The first kappa shape index (κ1) is 8.73. The van der Waals surface area contributed by atoms with Gasteiger partial charge in [0.1, 0.15) is 0 Å². The molecule has 0 bridgehead atoms. The van der Waals surface area contributed by atoms with Gasteiger partial charge in [-0.15, -0.1) is 0 Å². The summed E-state index contributed by atoms with van der Waals surface area (Å²) in [6.45, 7) is 4.01. The highest BCUT2D eigenvalue weighted by molar-refractivity contribution is 5.14. The average Bonchev–Trinajstić information content (AvgIpc) is 2.84. The molecule has 2 unspecified atom stereocenters. The highest BCUT2D eigenvalue weighted by atomic mass is 16.6. The largest absolute Gasteiger partial charge is 0.369 e. The fourth-order valence-electron chi connectivity index (χ4n) is 1.40. The summed E-state index contributed by atoms with van der Waals surface area (Å²) < 4.78 is 5.29. The van der Waals surface area contributed by atoms with Crippen LogP contribution in [0.1, 0.15) is 12.5 Å². The summed E-state index contributed by atoms with van der Waals surface area (Å²) in [4.78, 5) is 0. The maximum atomic E-state index is 5.29. The maximum absolute atomic E-state index is 5.29. The van der Waals surface area contributed by atoms with Crippen LogP contribution in [0.15, 0.2) is 30.3 Å². The molecule has 1 aromatic rings. The van der Waals surface area contributed by atoms with Crippen LogP contribution < -0.4 is 5.32 Å². The highest BCUT2D eigenvalue weighted by Gasteiger charge is 2.33. The van der Waals surface area contributed by atoms with Gasteiger partial charge in [-0.3, -0.25) is 0 Å². The molecule has 1 aromatic carbocycles. The van der Waals surface area contributed by atoms with Gasteiger partial charge in [-0.1, -0.05) is 30.3 Å². The molecule has 0 saturated carbocycles. The number of nitrogens with one attached hydrogen (secondary N) is 1. The van der Waals surface area contributed by atoms with Gasteiger partial charge in [0, 0.05) is 13.1 Å². The lowest BCUT2D eigenvalue weighted by Gasteiger charge is -2.01. The molecule has 2 rings (SSSR count). The van der Waals surface area contributed by atoms with Gasteiger partial charge in [-0.05, 0) is 12.5 Å². The number of hydrogen-bond acceptors (Lipinski definition) is 2. The lowest BCUT2D eigenvalue weighted by atomic mass is 10.2. The van der Waals surface area contributed by atoms with E-state index in [0.717, 1.165) is 13.1 Å². The summed E-state index contributed by atoms with van der Waals surface area (Å²) in [5.74, 6) is 0. The molecule has 1 heterocycles. The van der Waals surface area contributed by atoms with Crippen LogP contribution in [0.5, 0.6) is 0 Å². The van der Waals surface area contributed by atoms with Gasteiger partial charge in [0.05, 0.1) is 12.2 Å². The minimum atomic E-state index is 0.448. The summed E-state index contributed by atoms with van der Waals surface area (Å²) >= 11 is 0. The standard InChI is InChI=1S/C11H15NO/c1-9-11(13-9)8-12-7-10-5-3-2-4-6-10/h2-6,9,11-12H,7-8H2,1H3. The number of epoxide rings is 1. The molecule has 1 aliphatic rings. The third-order valence-electron chi connectivity index (χ3n) is 2.35. The Kier molecular flexibility index (Phi) is 2.62. The maximum Gasteiger partial charge on any atom is 0.0963 e. The predicted octanol–water partition coefficient (Wildman–Crippen LogP) is 1.56. The summed E-state index contributed by atoms with van der Waals surface area (Å²) in [5.41, 5.74) is 1.33. The Labute approximate surface area is 78.9 Å². The highest BCUT2D eigenvalue weighted by Crippen LogP contribution is 2.19. The van der Waals surface area contributed by atoms with E-state index < -0.39 is 0 Å². The van der Waals surface area contributed by atoms with Crippen molar-refractivity contribution in [1.82, 2.24) is 5.32 Å². The van der Waals surface area contributed by atoms with E-state index in [2.05, 4.69) is 36.5 Å². The summed E-state index contributed by atoms with van der Waals surface area (Å²) in [6.07, 6.45) is 0.909. The SMILES string of the molecule is CC1OC1CNCc1ccccc1.